The van der Waals surface area contributed by atoms with E-state index in [2.05, 4.69) is 24.4 Å². The number of carbonyl (C=O) groups excluding carboxylic acids is 1. The van der Waals surface area contributed by atoms with E-state index in [0.29, 0.717) is 6.42 Å². The first-order valence-corrected chi connectivity index (χ1v) is 6.96. The van der Waals surface area contributed by atoms with Gasteiger partial charge in [0.15, 0.2) is 0 Å². The lowest BCUT2D eigenvalue weighted by molar-refractivity contribution is -0.121. The molecule has 2 heteroatoms. The average Bonchev–Trinajstić information content (AvgIpc) is 2.41. The van der Waals surface area contributed by atoms with Gasteiger partial charge >= 0.3 is 0 Å². The highest BCUT2D eigenvalue weighted by Crippen LogP contribution is 2.16. The highest BCUT2D eigenvalue weighted by molar-refractivity contribution is 5.79. The van der Waals surface area contributed by atoms with Crippen molar-refractivity contribution in [1.82, 2.24) is 5.32 Å². The molecule has 0 aliphatic rings. The molecule has 0 unspecified atom stereocenters. The molecule has 0 fully saturated rings. The third-order valence-electron chi connectivity index (χ3n) is 3.52. The van der Waals surface area contributed by atoms with Crippen LogP contribution in [0.2, 0.25) is 0 Å². The number of hydrogen-bond acceptors (Lipinski definition) is 1. The summed E-state index contributed by atoms with van der Waals surface area (Å²) in [5, 5.41) is 3.06. The second-order valence-electron chi connectivity index (χ2n) is 5.31. The molecule has 0 saturated carbocycles. The molecule has 0 bridgehead atoms. The summed E-state index contributed by atoms with van der Waals surface area (Å²) >= 11 is 0. The van der Waals surface area contributed by atoms with Crippen molar-refractivity contribution in [2.75, 3.05) is 0 Å². The van der Waals surface area contributed by atoms with Gasteiger partial charge in [-0.15, -0.1) is 0 Å². The van der Waals surface area contributed by atoms with Gasteiger partial charge in [-0.25, -0.2) is 0 Å². The summed E-state index contributed by atoms with van der Waals surface area (Å²) in [4.78, 5) is 12.1. The predicted molar refractivity (Wildman–Crippen MR) is 82.6 cm³/mol. The number of aryl methyl sites for hydroxylation is 2. The van der Waals surface area contributed by atoms with Crippen LogP contribution in [0.1, 0.15) is 35.2 Å². The fourth-order valence-electron chi connectivity index (χ4n) is 2.33. The smallest absolute Gasteiger partial charge is 0.224 e. The number of carbonyl (C=O) groups is 1. The van der Waals surface area contributed by atoms with Gasteiger partial charge in [0.05, 0.1) is 12.5 Å². The summed E-state index contributed by atoms with van der Waals surface area (Å²) in [7, 11) is 0. The Balaban J connectivity index is 1.98. The van der Waals surface area contributed by atoms with Gasteiger partial charge in [-0.1, -0.05) is 54.1 Å². The molecule has 0 aliphatic carbocycles. The van der Waals surface area contributed by atoms with Gasteiger partial charge in [0.1, 0.15) is 0 Å². The van der Waals surface area contributed by atoms with Gasteiger partial charge in [-0.2, -0.15) is 0 Å². The zero-order valence-corrected chi connectivity index (χ0v) is 12.3. The normalized spacial score (nSPS) is 11.9. The molecule has 20 heavy (non-hydrogen) atoms. The van der Waals surface area contributed by atoms with Crippen LogP contribution in [0.3, 0.4) is 0 Å². The first kappa shape index (κ1) is 14.3. The monoisotopic (exact) mass is 267 g/mol. The van der Waals surface area contributed by atoms with E-state index in [9.17, 15) is 4.79 Å². The van der Waals surface area contributed by atoms with E-state index in [-0.39, 0.29) is 11.9 Å². The van der Waals surface area contributed by atoms with Crippen molar-refractivity contribution in [2.24, 2.45) is 0 Å². The molecule has 2 aromatic carbocycles. The molecule has 1 amide bonds. The summed E-state index contributed by atoms with van der Waals surface area (Å²) in [6, 6.07) is 16.3. The maximum atomic E-state index is 12.1. The van der Waals surface area contributed by atoms with Gasteiger partial charge in [0.2, 0.25) is 5.91 Å². The predicted octanol–water partition coefficient (Wildman–Crippen LogP) is 3.72. The number of amides is 1. The molecule has 0 heterocycles. The molecule has 104 valence electrons. The fourth-order valence-corrected chi connectivity index (χ4v) is 2.33. The lowest BCUT2D eigenvalue weighted by Gasteiger charge is -2.16. The second-order valence-corrected chi connectivity index (χ2v) is 5.31. The Hall–Kier alpha value is -2.09. The van der Waals surface area contributed by atoms with Crippen molar-refractivity contribution in [3.63, 3.8) is 0 Å². The SMILES string of the molecule is Cc1ccc(CC(=O)N[C@@H](C)c2ccccc2C)cc1. The molecule has 2 nitrogen and oxygen atoms in total. The van der Waals surface area contributed by atoms with Gasteiger partial charge in [-0.3, -0.25) is 4.79 Å². The first-order chi connectivity index (χ1) is 9.56. The van der Waals surface area contributed by atoms with E-state index in [1.807, 2.05) is 50.2 Å². The van der Waals surface area contributed by atoms with Crippen LogP contribution in [0.4, 0.5) is 0 Å². The van der Waals surface area contributed by atoms with Gasteiger partial charge in [0, 0.05) is 0 Å². The quantitative estimate of drug-likeness (QED) is 0.898. The van der Waals surface area contributed by atoms with E-state index >= 15 is 0 Å². The van der Waals surface area contributed by atoms with Crippen molar-refractivity contribution in [1.29, 1.82) is 0 Å². The number of hydrogen-bond donors (Lipinski definition) is 1. The van der Waals surface area contributed by atoms with Gasteiger partial charge < -0.3 is 5.32 Å². The molecule has 1 atom stereocenters. The molecule has 0 spiro atoms. The molecular formula is C18H21NO. The molecule has 0 saturated heterocycles. The lowest BCUT2D eigenvalue weighted by atomic mass is 10.0. The van der Waals surface area contributed by atoms with Gasteiger partial charge in [-0.05, 0) is 37.5 Å². The standard InChI is InChI=1S/C18H21NO/c1-13-8-10-16(11-9-13)12-18(20)19-15(3)17-7-5-4-6-14(17)2/h4-11,15H,12H2,1-3H3,(H,19,20)/t15-/m0/s1. The van der Waals surface area contributed by atoms with E-state index in [0.717, 1.165) is 5.56 Å². The summed E-state index contributed by atoms with van der Waals surface area (Å²) in [6.07, 6.45) is 0.427. The highest BCUT2D eigenvalue weighted by Gasteiger charge is 2.11. The fraction of sp³-hybridized carbons (Fsp3) is 0.278. The van der Waals surface area contributed by atoms with Crippen molar-refractivity contribution < 1.29 is 4.79 Å². The molecule has 2 aromatic rings. The summed E-state index contributed by atoms with van der Waals surface area (Å²) < 4.78 is 0. The van der Waals surface area contributed by atoms with Crippen LogP contribution in [-0.4, -0.2) is 5.91 Å². The Bertz CT molecular complexity index is 587. The Morgan fingerprint density at radius 2 is 1.70 bits per heavy atom. The maximum Gasteiger partial charge on any atom is 0.224 e. The largest absolute Gasteiger partial charge is 0.349 e. The maximum absolute atomic E-state index is 12.1. The van der Waals surface area contributed by atoms with Crippen LogP contribution in [-0.2, 0) is 11.2 Å². The number of rotatable bonds is 4. The van der Waals surface area contributed by atoms with Crippen molar-refractivity contribution >= 4 is 5.91 Å². The lowest BCUT2D eigenvalue weighted by Crippen LogP contribution is -2.28. The second kappa shape index (κ2) is 6.38. The molecule has 2 rings (SSSR count). The molecule has 0 radical (unpaired) electrons. The zero-order valence-electron chi connectivity index (χ0n) is 12.3. The van der Waals surface area contributed by atoms with E-state index in [4.69, 9.17) is 0 Å². The molecule has 0 aromatic heterocycles. The minimum absolute atomic E-state index is 0.0362. The van der Waals surface area contributed by atoms with Crippen LogP contribution in [0, 0.1) is 13.8 Å². The Morgan fingerprint density at radius 1 is 1.05 bits per heavy atom. The highest BCUT2D eigenvalue weighted by atomic mass is 16.1. The average molecular weight is 267 g/mol. The third kappa shape index (κ3) is 3.70. The van der Waals surface area contributed by atoms with Crippen molar-refractivity contribution in [3.8, 4) is 0 Å². The molecule has 1 N–H and O–H groups in total. The van der Waals surface area contributed by atoms with Crippen LogP contribution in [0.25, 0.3) is 0 Å². The van der Waals surface area contributed by atoms with Crippen LogP contribution in [0.5, 0.6) is 0 Å². The van der Waals surface area contributed by atoms with Crippen LogP contribution >= 0.6 is 0 Å². The van der Waals surface area contributed by atoms with Crippen molar-refractivity contribution in [3.05, 3.63) is 70.8 Å². The topological polar surface area (TPSA) is 29.1 Å². The summed E-state index contributed by atoms with van der Waals surface area (Å²) in [5.74, 6) is 0.0598. The summed E-state index contributed by atoms with van der Waals surface area (Å²) in [6.45, 7) is 6.14. The third-order valence-corrected chi connectivity index (χ3v) is 3.52. The minimum Gasteiger partial charge on any atom is -0.349 e. The first-order valence-electron chi connectivity index (χ1n) is 6.96. The Labute approximate surface area is 120 Å². The van der Waals surface area contributed by atoms with E-state index < -0.39 is 0 Å². The minimum atomic E-state index is 0.0362. The molecule has 0 aliphatic heterocycles. The number of benzene rings is 2. The number of nitrogens with one attached hydrogen (secondary N) is 1. The summed E-state index contributed by atoms with van der Waals surface area (Å²) in [5.41, 5.74) is 4.63. The molecular weight excluding hydrogens is 246 g/mol. The van der Waals surface area contributed by atoms with Gasteiger partial charge in [0.25, 0.3) is 0 Å². The Morgan fingerprint density at radius 3 is 2.35 bits per heavy atom. The van der Waals surface area contributed by atoms with Crippen molar-refractivity contribution in [2.45, 2.75) is 33.2 Å². The zero-order chi connectivity index (χ0) is 14.5. The van der Waals surface area contributed by atoms with E-state index in [1.165, 1.54) is 16.7 Å². The Kier molecular flexibility index (Phi) is 4.57. The van der Waals surface area contributed by atoms with Crippen LogP contribution < -0.4 is 5.32 Å². The van der Waals surface area contributed by atoms with Crippen LogP contribution in [0.15, 0.2) is 48.5 Å². The van der Waals surface area contributed by atoms with E-state index in [1.54, 1.807) is 0 Å².